The van der Waals surface area contributed by atoms with E-state index in [2.05, 4.69) is 20.4 Å². The van der Waals surface area contributed by atoms with Crippen molar-refractivity contribution in [3.63, 3.8) is 0 Å². The van der Waals surface area contributed by atoms with Crippen molar-refractivity contribution in [2.24, 2.45) is 13.0 Å². The smallest absolute Gasteiger partial charge is 0.264 e. The van der Waals surface area contributed by atoms with Crippen LogP contribution in [0, 0.1) is 24.1 Å². The second-order valence-electron chi connectivity index (χ2n) is 9.85. The van der Waals surface area contributed by atoms with Gasteiger partial charge in [-0.2, -0.15) is 14.2 Å². The molecule has 2 atom stereocenters. The first kappa shape index (κ1) is 26.4. The fraction of sp³-hybridized carbons (Fsp3) is 0.423. The molecule has 0 radical (unpaired) electrons. The average molecular weight is 542 g/mol. The Morgan fingerprint density at radius 2 is 2.03 bits per heavy atom. The third-order valence-electron chi connectivity index (χ3n) is 7.23. The number of ether oxygens (including phenoxy) is 1. The minimum absolute atomic E-state index is 0.0628. The monoisotopic (exact) mass is 541 g/mol. The van der Waals surface area contributed by atoms with Crippen molar-refractivity contribution >= 4 is 27.6 Å². The molecule has 1 unspecified atom stereocenters. The first-order chi connectivity index (χ1) is 18.2. The van der Waals surface area contributed by atoms with Crippen LogP contribution in [0.25, 0.3) is 0 Å². The number of anilines is 2. The van der Waals surface area contributed by atoms with Crippen LogP contribution in [0.1, 0.15) is 29.2 Å². The Bertz CT molecular complexity index is 1400. The summed E-state index contributed by atoms with van der Waals surface area (Å²) >= 11 is 0. The van der Waals surface area contributed by atoms with Gasteiger partial charge >= 0.3 is 0 Å². The van der Waals surface area contributed by atoms with Crippen LogP contribution in [0.4, 0.5) is 15.8 Å². The van der Waals surface area contributed by atoms with Crippen molar-refractivity contribution in [3.8, 4) is 0 Å². The lowest BCUT2D eigenvalue weighted by Crippen LogP contribution is -2.51. The highest BCUT2D eigenvalue weighted by atomic mass is 32.2. The van der Waals surface area contributed by atoms with Gasteiger partial charge in [-0.1, -0.05) is 0 Å². The van der Waals surface area contributed by atoms with Crippen LogP contribution in [0.5, 0.6) is 0 Å². The number of piperazine rings is 1. The van der Waals surface area contributed by atoms with Gasteiger partial charge in [-0.15, -0.1) is 5.10 Å². The van der Waals surface area contributed by atoms with E-state index < -0.39 is 10.0 Å². The van der Waals surface area contributed by atoms with Crippen LogP contribution in [0.3, 0.4) is 0 Å². The molecule has 2 aliphatic heterocycles. The largest absolute Gasteiger partial charge is 0.381 e. The van der Waals surface area contributed by atoms with Crippen molar-refractivity contribution in [3.05, 3.63) is 65.1 Å². The van der Waals surface area contributed by atoms with Crippen LogP contribution in [-0.4, -0.2) is 78.2 Å². The number of benzene rings is 2. The molecule has 3 heterocycles. The molecule has 0 amide bonds. The van der Waals surface area contributed by atoms with Crippen molar-refractivity contribution in [2.75, 3.05) is 44.7 Å². The first-order valence-corrected chi connectivity index (χ1v) is 14.0. The molecule has 0 bridgehead atoms. The number of nitrogens with one attached hydrogen (secondary N) is 2. The quantitative estimate of drug-likeness (QED) is 0.421. The number of rotatable bonds is 8. The maximum atomic E-state index is 13.4. The molecule has 2 N–H and O–H groups in total. The summed E-state index contributed by atoms with van der Waals surface area (Å²) in [7, 11) is -2.22. The highest BCUT2D eigenvalue weighted by Gasteiger charge is 2.38. The Balaban J connectivity index is 1.48. The summed E-state index contributed by atoms with van der Waals surface area (Å²) in [5.41, 5.74) is 4.03. The molecule has 12 heteroatoms. The predicted molar refractivity (Wildman–Crippen MR) is 142 cm³/mol. The molecule has 2 saturated heterocycles. The lowest BCUT2D eigenvalue weighted by molar-refractivity contribution is 0.0928. The number of nitrogens with zero attached hydrogens (tertiary/aromatic N) is 5. The zero-order valence-electron chi connectivity index (χ0n) is 21.5. The minimum atomic E-state index is -3.81. The van der Waals surface area contributed by atoms with E-state index in [9.17, 15) is 12.8 Å². The summed E-state index contributed by atoms with van der Waals surface area (Å²) in [5, 5.41) is 19.3. The molecule has 0 saturated carbocycles. The lowest BCUT2D eigenvalue weighted by Gasteiger charge is -2.42. The summed E-state index contributed by atoms with van der Waals surface area (Å²) in [6, 6.07) is 9.76. The van der Waals surface area contributed by atoms with Crippen LogP contribution >= 0.6 is 0 Å². The van der Waals surface area contributed by atoms with E-state index in [-0.39, 0.29) is 23.4 Å². The van der Waals surface area contributed by atoms with Gasteiger partial charge in [-0.3, -0.25) is 4.90 Å². The molecule has 3 aromatic rings. The molecule has 2 aromatic carbocycles. The van der Waals surface area contributed by atoms with Gasteiger partial charge in [0, 0.05) is 69.0 Å². The highest BCUT2D eigenvalue weighted by Crippen LogP contribution is 2.35. The van der Waals surface area contributed by atoms with Crippen LogP contribution in [0.2, 0.25) is 0 Å². The second-order valence-corrected chi connectivity index (χ2v) is 11.7. The van der Waals surface area contributed by atoms with Crippen molar-refractivity contribution in [1.29, 1.82) is 5.41 Å². The Hall–Kier alpha value is -3.19. The molecule has 202 valence electrons. The Kier molecular flexibility index (Phi) is 7.57. The van der Waals surface area contributed by atoms with Crippen molar-refractivity contribution in [1.82, 2.24) is 24.2 Å². The maximum absolute atomic E-state index is 13.4. The third-order valence-corrected chi connectivity index (χ3v) is 8.96. The van der Waals surface area contributed by atoms with E-state index in [1.807, 2.05) is 19.1 Å². The van der Waals surface area contributed by atoms with E-state index >= 15 is 0 Å². The Morgan fingerprint density at radius 1 is 1.24 bits per heavy atom. The van der Waals surface area contributed by atoms with Crippen LogP contribution in [-0.2, 0) is 21.8 Å². The SMILES string of the molecule is Cc1cc(Nc2ccc(F)cc2)c(C=N)cc1[C@H]1CN(S(=O)(=O)c2cnn(C)n2)CCN1CC1CCOC1. The van der Waals surface area contributed by atoms with Gasteiger partial charge in [0.1, 0.15) is 5.82 Å². The Labute approximate surface area is 222 Å². The lowest BCUT2D eigenvalue weighted by atomic mass is 9.94. The number of hydrogen-bond donors (Lipinski definition) is 2. The van der Waals surface area contributed by atoms with Gasteiger partial charge in [-0.05, 0) is 66.8 Å². The molecule has 2 fully saturated rings. The van der Waals surface area contributed by atoms with Gasteiger partial charge in [0.15, 0.2) is 0 Å². The summed E-state index contributed by atoms with van der Waals surface area (Å²) in [6.45, 7) is 5.42. The predicted octanol–water partition coefficient (Wildman–Crippen LogP) is 3.09. The highest BCUT2D eigenvalue weighted by molar-refractivity contribution is 7.89. The van der Waals surface area contributed by atoms with Crippen molar-refractivity contribution in [2.45, 2.75) is 24.4 Å². The molecule has 5 rings (SSSR count). The minimum Gasteiger partial charge on any atom is -0.381 e. The summed E-state index contributed by atoms with van der Waals surface area (Å²) in [6.07, 6.45) is 3.54. The van der Waals surface area contributed by atoms with Crippen LogP contribution in [0.15, 0.2) is 47.6 Å². The molecule has 38 heavy (non-hydrogen) atoms. The summed E-state index contributed by atoms with van der Waals surface area (Å²) in [5.74, 6) is 0.0722. The molecule has 1 aromatic heterocycles. The van der Waals surface area contributed by atoms with Gasteiger partial charge in [0.25, 0.3) is 10.0 Å². The fourth-order valence-corrected chi connectivity index (χ4v) is 6.51. The number of aryl methyl sites for hydroxylation is 2. The molecule has 2 aliphatic rings. The normalized spacial score (nSPS) is 21.0. The van der Waals surface area contributed by atoms with Crippen LogP contribution < -0.4 is 5.32 Å². The van der Waals surface area contributed by atoms with Gasteiger partial charge in [0.05, 0.1) is 12.8 Å². The number of sulfonamides is 1. The van der Waals surface area contributed by atoms with Gasteiger partial charge in [0.2, 0.25) is 5.03 Å². The molecular formula is C26H32FN7O3S. The van der Waals surface area contributed by atoms with E-state index in [1.165, 1.54) is 33.6 Å². The summed E-state index contributed by atoms with van der Waals surface area (Å²) in [4.78, 5) is 3.58. The Morgan fingerprint density at radius 3 is 2.68 bits per heavy atom. The fourth-order valence-electron chi connectivity index (χ4n) is 5.18. The summed E-state index contributed by atoms with van der Waals surface area (Å²) < 4.78 is 47.3. The molecule has 0 aliphatic carbocycles. The van der Waals surface area contributed by atoms with Crippen molar-refractivity contribution < 1.29 is 17.5 Å². The zero-order chi connectivity index (χ0) is 26.9. The molecule has 0 spiro atoms. The molecule has 10 nitrogen and oxygen atoms in total. The topological polar surface area (TPSA) is 116 Å². The van der Waals surface area contributed by atoms with E-state index in [0.29, 0.717) is 36.9 Å². The van der Waals surface area contributed by atoms with E-state index in [4.69, 9.17) is 10.1 Å². The maximum Gasteiger partial charge on any atom is 0.264 e. The standard InChI is InChI=1S/C26H32FN7O3S/c1-18-11-24(30-22-5-3-21(27)4-6-22)20(13-28)12-23(18)25-16-34(38(35,36)26-14-29-32(2)31-26)9-8-33(25)15-19-7-10-37-17-19/h3-6,11-14,19,25,28,30H,7-10,15-17H2,1-2H3/t19?,25-/m1/s1. The van der Waals surface area contributed by atoms with E-state index in [0.717, 1.165) is 36.4 Å². The number of halogens is 1. The second kappa shape index (κ2) is 10.9. The molecular weight excluding hydrogens is 509 g/mol. The third kappa shape index (κ3) is 5.48. The van der Waals surface area contributed by atoms with Gasteiger partial charge in [-0.25, -0.2) is 12.8 Å². The first-order valence-electron chi connectivity index (χ1n) is 12.6. The van der Waals surface area contributed by atoms with Gasteiger partial charge < -0.3 is 15.5 Å². The van der Waals surface area contributed by atoms with E-state index in [1.54, 1.807) is 19.2 Å². The number of hydrogen-bond acceptors (Lipinski definition) is 8. The number of aromatic nitrogens is 3. The zero-order valence-corrected chi connectivity index (χ0v) is 22.3. The average Bonchev–Trinajstić information content (AvgIpc) is 3.58.